The first kappa shape index (κ1) is 15.1. The van der Waals surface area contributed by atoms with E-state index in [9.17, 15) is 10.1 Å². The molecule has 0 spiro atoms. The van der Waals surface area contributed by atoms with E-state index in [1.165, 1.54) is 12.8 Å². The number of nitriles is 1. The maximum Gasteiger partial charge on any atom is 0.263 e. The van der Waals surface area contributed by atoms with E-state index in [4.69, 9.17) is 0 Å². The summed E-state index contributed by atoms with van der Waals surface area (Å²) in [5, 5.41) is 12.0. The average molecular weight is 283 g/mol. The number of likely N-dealkylation sites (tertiary alicyclic amines) is 1. The Hall–Kier alpha value is -2.28. The number of carbonyl (C=O) groups is 1. The number of hydrogen-bond acceptors (Lipinski definition) is 3. The van der Waals surface area contributed by atoms with Gasteiger partial charge >= 0.3 is 0 Å². The van der Waals surface area contributed by atoms with Crippen molar-refractivity contribution in [3.8, 4) is 6.07 Å². The van der Waals surface area contributed by atoms with E-state index in [1.54, 1.807) is 6.20 Å². The third-order valence-electron chi connectivity index (χ3n) is 3.61. The molecule has 1 aliphatic rings. The molecule has 1 fully saturated rings. The lowest BCUT2D eigenvalue weighted by atomic mass is 10.2. The number of amides is 1. The minimum Gasteiger partial charge on any atom is -0.376 e. The minimum absolute atomic E-state index is 0.188. The molecule has 4 heteroatoms. The van der Waals surface area contributed by atoms with Gasteiger partial charge in [0.25, 0.3) is 5.91 Å². The number of nitrogens with one attached hydrogen (secondary N) is 1. The van der Waals surface area contributed by atoms with E-state index in [0.29, 0.717) is 6.54 Å². The average Bonchev–Trinajstić information content (AvgIpc) is 2.80. The van der Waals surface area contributed by atoms with Crippen LogP contribution >= 0.6 is 0 Å². The Kier molecular flexibility index (Phi) is 5.83. The molecule has 0 saturated carbocycles. The van der Waals surface area contributed by atoms with Gasteiger partial charge in [-0.05, 0) is 18.4 Å². The van der Waals surface area contributed by atoms with Crippen LogP contribution in [0.2, 0.25) is 0 Å². The van der Waals surface area contributed by atoms with Gasteiger partial charge in [-0.15, -0.1) is 0 Å². The van der Waals surface area contributed by atoms with E-state index < -0.39 is 0 Å². The van der Waals surface area contributed by atoms with Crippen LogP contribution in [0.4, 0.5) is 0 Å². The normalized spacial score (nSPS) is 16.0. The summed E-state index contributed by atoms with van der Waals surface area (Å²) in [7, 11) is 0. The van der Waals surface area contributed by atoms with Gasteiger partial charge in [0.1, 0.15) is 11.6 Å². The third kappa shape index (κ3) is 4.96. The highest BCUT2D eigenvalue weighted by Crippen LogP contribution is 2.11. The van der Waals surface area contributed by atoms with Crippen LogP contribution in [-0.2, 0) is 11.3 Å². The molecule has 1 N–H and O–H groups in total. The Bertz CT molecular complexity index is 523. The number of carbonyl (C=O) groups excluding carboxylic acids is 1. The highest BCUT2D eigenvalue weighted by molar-refractivity contribution is 5.97. The van der Waals surface area contributed by atoms with Gasteiger partial charge in [0.15, 0.2) is 0 Å². The zero-order chi connectivity index (χ0) is 14.9. The zero-order valence-electron chi connectivity index (χ0n) is 12.2. The maximum atomic E-state index is 12.1. The molecule has 0 bridgehead atoms. The zero-order valence-corrected chi connectivity index (χ0v) is 12.2. The first-order valence-corrected chi connectivity index (χ1v) is 7.47. The van der Waals surface area contributed by atoms with E-state index >= 15 is 0 Å². The second-order valence-electron chi connectivity index (χ2n) is 5.27. The monoisotopic (exact) mass is 283 g/mol. The van der Waals surface area contributed by atoms with Gasteiger partial charge in [-0.3, -0.25) is 4.79 Å². The van der Waals surface area contributed by atoms with Gasteiger partial charge in [-0.2, -0.15) is 5.26 Å². The van der Waals surface area contributed by atoms with Crippen LogP contribution in [0.1, 0.15) is 31.2 Å². The van der Waals surface area contributed by atoms with Crippen LogP contribution in [0.15, 0.2) is 42.1 Å². The second kappa shape index (κ2) is 8.11. The van der Waals surface area contributed by atoms with Crippen LogP contribution < -0.4 is 5.32 Å². The molecule has 4 nitrogen and oxygen atoms in total. The smallest absolute Gasteiger partial charge is 0.263 e. The Morgan fingerprint density at radius 2 is 1.86 bits per heavy atom. The number of benzene rings is 1. The summed E-state index contributed by atoms with van der Waals surface area (Å²) in [5.74, 6) is -0.300. The topological polar surface area (TPSA) is 56.1 Å². The Morgan fingerprint density at radius 3 is 2.48 bits per heavy atom. The summed E-state index contributed by atoms with van der Waals surface area (Å²) in [4.78, 5) is 14.2. The lowest BCUT2D eigenvalue weighted by molar-refractivity contribution is -0.117. The van der Waals surface area contributed by atoms with Crippen molar-refractivity contribution in [2.75, 3.05) is 13.1 Å². The van der Waals surface area contributed by atoms with Gasteiger partial charge in [0.2, 0.25) is 0 Å². The molecular weight excluding hydrogens is 262 g/mol. The summed E-state index contributed by atoms with van der Waals surface area (Å²) in [5.41, 5.74) is 1.21. The quantitative estimate of drug-likeness (QED) is 0.682. The molecule has 1 amide bonds. The fourth-order valence-corrected chi connectivity index (χ4v) is 2.42. The molecule has 1 aliphatic heterocycles. The Morgan fingerprint density at radius 1 is 1.19 bits per heavy atom. The summed E-state index contributed by atoms with van der Waals surface area (Å²) in [6, 6.07) is 11.7. The van der Waals surface area contributed by atoms with Crippen molar-refractivity contribution in [2.24, 2.45) is 0 Å². The summed E-state index contributed by atoms with van der Waals surface area (Å²) < 4.78 is 0. The first-order chi connectivity index (χ1) is 10.3. The molecule has 21 heavy (non-hydrogen) atoms. The SMILES string of the molecule is N#C/C(=C/N1CCCCCC1)C(=O)NCc1ccccc1. The summed E-state index contributed by atoms with van der Waals surface area (Å²) in [6.45, 7) is 2.30. The second-order valence-corrected chi connectivity index (χ2v) is 5.27. The lowest BCUT2D eigenvalue weighted by Gasteiger charge is -2.17. The van der Waals surface area contributed by atoms with E-state index in [-0.39, 0.29) is 11.5 Å². The highest BCUT2D eigenvalue weighted by Gasteiger charge is 2.12. The molecule has 0 atom stereocenters. The van der Waals surface area contributed by atoms with Crippen molar-refractivity contribution in [3.05, 3.63) is 47.7 Å². The largest absolute Gasteiger partial charge is 0.376 e. The fraction of sp³-hybridized carbons (Fsp3) is 0.412. The van der Waals surface area contributed by atoms with Crippen molar-refractivity contribution in [2.45, 2.75) is 32.2 Å². The van der Waals surface area contributed by atoms with Gasteiger partial charge in [-0.25, -0.2) is 0 Å². The van der Waals surface area contributed by atoms with Crippen molar-refractivity contribution < 1.29 is 4.79 Å². The van der Waals surface area contributed by atoms with Crippen LogP contribution in [-0.4, -0.2) is 23.9 Å². The Labute approximate surface area is 126 Å². The number of rotatable bonds is 4. The molecule has 0 aromatic heterocycles. The van der Waals surface area contributed by atoms with Crippen molar-refractivity contribution >= 4 is 5.91 Å². The molecule has 1 aromatic rings. The van der Waals surface area contributed by atoms with Crippen molar-refractivity contribution in [1.29, 1.82) is 5.26 Å². The van der Waals surface area contributed by atoms with Crippen LogP contribution in [0.25, 0.3) is 0 Å². The number of nitrogens with zero attached hydrogens (tertiary/aromatic N) is 2. The predicted octanol–water partition coefficient (Wildman–Crippen LogP) is 2.59. The van der Waals surface area contributed by atoms with Crippen molar-refractivity contribution in [1.82, 2.24) is 10.2 Å². The van der Waals surface area contributed by atoms with Gasteiger partial charge in [-0.1, -0.05) is 43.2 Å². The molecule has 0 aliphatic carbocycles. The van der Waals surface area contributed by atoms with E-state index in [0.717, 1.165) is 31.5 Å². The number of hydrogen-bond donors (Lipinski definition) is 1. The van der Waals surface area contributed by atoms with E-state index in [2.05, 4.69) is 10.2 Å². The van der Waals surface area contributed by atoms with Gasteiger partial charge in [0, 0.05) is 25.8 Å². The minimum atomic E-state index is -0.300. The summed E-state index contributed by atoms with van der Waals surface area (Å²) in [6.07, 6.45) is 6.42. The molecular formula is C17H21N3O. The molecule has 1 saturated heterocycles. The molecule has 2 rings (SSSR count). The molecule has 110 valence electrons. The molecule has 0 radical (unpaired) electrons. The molecule has 1 aromatic carbocycles. The molecule has 1 heterocycles. The van der Waals surface area contributed by atoms with Crippen LogP contribution in [0.5, 0.6) is 0 Å². The third-order valence-corrected chi connectivity index (χ3v) is 3.61. The van der Waals surface area contributed by atoms with Crippen molar-refractivity contribution in [3.63, 3.8) is 0 Å². The summed E-state index contributed by atoms with van der Waals surface area (Å²) >= 11 is 0. The van der Waals surface area contributed by atoms with E-state index in [1.807, 2.05) is 36.4 Å². The maximum absolute atomic E-state index is 12.1. The lowest BCUT2D eigenvalue weighted by Crippen LogP contribution is -2.26. The van der Waals surface area contributed by atoms with Crippen LogP contribution in [0.3, 0.4) is 0 Å². The van der Waals surface area contributed by atoms with Crippen LogP contribution in [0, 0.1) is 11.3 Å². The first-order valence-electron chi connectivity index (χ1n) is 7.47. The highest BCUT2D eigenvalue weighted by atomic mass is 16.1. The predicted molar refractivity (Wildman–Crippen MR) is 82.0 cm³/mol. The fourth-order valence-electron chi connectivity index (χ4n) is 2.42. The standard InChI is InChI=1S/C17H21N3O/c18-12-16(14-20-10-6-1-2-7-11-20)17(21)19-13-15-8-4-3-5-9-15/h3-5,8-9,14H,1-2,6-7,10-11,13H2,(H,19,21)/b16-14-. The Balaban J connectivity index is 1.93. The van der Waals surface area contributed by atoms with Gasteiger partial charge in [0.05, 0.1) is 0 Å². The molecule has 0 unspecified atom stereocenters. The van der Waals surface area contributed by atoms with Gasteiger partial charge < -0.3 is 10.2 Å².